The fourth-order valence-electron chi connectivity index (χ4n) is 3.27. The Labute approximate surface area is 111 Å². The molecule has 0 aromatic carbocycles. The smallest absolute Gasteiger partial charge is 0.0589 e. The van der Waals surface area contributed by atoms with Gasteiger partial charge in [-0.05, 0) is 57.4 Å². The van der Waals surface area contributed by atoms with Crippen LogP contribution >= 0.6 is 0 Å². The Morgan fingerprint density at radius 1 is 1.17 bits per heavy atom. The highest BCUT2D eigenvalue weighted by molar-refractivity contribution is 4.79. The van der Waals surface area contributed by atoms with Crippen LogP contribution in [0.4, 0.5) is 0 Å². The Kier molecular flexibility index (Phi) is 5.93. The Morgan fingerprint density at radius 2 is 1.94 bits per heavy atom. The van der Waals surface area contributed by atoms with Crippen LogP contribution in [0.25, 0.3) is 0 Å². The molecule has 0 aromatic heterocycles. The lowest BCUT2D eigenvalue weighted by Gasteiger charge is -2.32. The van der Waals surface area contributed by atoms with Crippen molar-refractivity contribution in [2.75, 3.05) is 13.2 Å². The molecule has 0 spiro atoms. The largest absolute Gasteiger partial charge is 0.393 e. The summed E-state index contributed by atoms with van der Waals surface area (Å²) in [5.41, 5.74) is 0. The number of hydrogen-bond acceptors (Lipinski definition) is 3. The maximum absolute atomic E-state index is 9.50. The lowest BCUT2D eigenvalue weighted by Crippen LogP contribution is -2.41. The first-order valence-electron chi connectivity index (χ1n) is 7.81. The zero-order chi connectivity index (χ0) is 12.8. The number of ether oxygens (including phenoxy) is 1. The molecule has 0 radical (unpaired) electrons. The van der Waals surface area contributed by atoms with Crippen molar-refractivity contribution in [2.24, 2.45) is 5.92 Å². The molecule has 18 heavy (non-hydrogen) atoms. The fourth-order valence-corrected chi connectivity index (χ4v) is 3.27. The van der Waals surface area contributed by atoms with E-state index >= 15 is 0 Å². The van der Waals surface area contributed by atoms with E-state index in [9.17, 15) is 5.11 Å². The fraction of sp³-hybridized carbons (Fsp3) is 1.00. The van der Waals surface area contributed by atoms with E-state index in [-0.39, 0.29) is 6.10 Å². The summed E-state index contributed by atoms with van der Waals surface area (Å²) in [6.45, 7) is 4.29. The zero-order valence-electron chi connectivity index (χ0n) is 11.7. The number of rotatable bonds is 5. The topological polar surface area (TPSA) is 41.5 Å². The van der Waals surface area contributed by atoms with Gasteiger partial charge in [0.2, 0.25) is 0 Å². The molecule has 2 aliphatic rings. The third kappa shape index (κ3) is 4.52. The molecule has 2 atom stereocenters. The van der Waals surface area contributed by atoms with Crippen LogP contribution in [0.1, 0.15) is 58.3 Å². The zero-order valence-corrected chi connectivity index (χ0v) is 11.7. The third-order valence-electron chi connectivity index (χ3n) is 4.49. The van der Waals surface area contributed by atoms with Gasteiger partial charge in [-0.15, -0.1) is 0 Å². The normalized spacial score (nSPS) is 37.7. The monoisotopic (exact) mass is 255 g/mol. The van der Waals surface area contributed by atoms with Gasteiger partial charge in [-0.3, -0.25) is 0 Å². The molecular weight excluding hydrogens is 226 g/mol. The van der Waals surface area contributed by atoms with E-state index in [0.29, 0.717) is 12.1 Å². The molecule has 3 heteroatoms. The van der Waals surface area contributed by atoms with Crippen molar-refractivity contribution in [3.63, 3.8) is 0 Å². The predicted octanol–water partition coefficient (Wildman–Crippen LogP) is 2.47. The third-order valence-corrected chi connectivity index (χ3v) is 4.49. The summed E-state index contributed by atoms with van der Waals surface area (Å²) in [5, 5.41) is 13.2. The maximum Gasteiger partial charge on any atom is 0.0589 e. The van der Waals surface area contributed by atoms with Crippen LogP contribution in [0.3, 0.4) is 0 Å². The molecule has 1 aliphatic carbocycles. The second-order valence-electron chi connectivity index (χ2n) is 6.09. The molecule has 2 rings (SSSR count). The minimum Gasteiger partial charge on any atom is -0.393 e. The molecule has 0 bridgehead atoms. The Balaban J connectivity index is 1.63. The average molecular weight is 255 g/mol. The van der Waals surface area contributed by atoms with E-state index in [1.165, 1.54) is 32.1 Å². The summed E-state index contributed by atoms with van der Waals surface area (Å²) < 4.78 is 5.78. The van der Waals surface area contributed by atoms with E-state index in [0.717, 1.165) is 38.3 Å². The summed E-state index contributed by atoms with van der Waals surface area (Å²) in [5.74, 6) is 0.779. The van der Waals surface area contributed by atoms with Gasteiger partial charge in [0.1, 0.15) is 0 Å². The SMILES string of the molecule is CCCC1CC(NCC2CCC(O)CC2)CCO1. The highest BCUT2D eigenvalue weighted by Gasteiger charge is 2.24. The van der Waals surface area contributed by atoms with Crippen LogP contribution in [0.2, 0.25) is 0 Å². The first-order valence-corrected chi connectivity index (χ1v) is 7.81. The van der Waals surface area contributed by atoms with Crippen molar-refractivity contribution in [2.45, 2.75) is 76.5 Å². The molecule has 2 unspecified atom stereocenters. The summed E-state index contributed by atoms with van der Waals surface area (Å²) in [6, 6.07) is 0.655. The van der Waals surface area contributed by atoms with E-state index < -0.39 is 0 Å². The minimum absolute atomic E-state index is 0.0294. The van der Waals surface area contributed by atoms with Gasteiger partial charge in [-0.1, -0.05) is 13.3 Å². The number of aliphatic hydroxyl groups excluding tert-OH is 1. The molecule has 1 saturated carbocycles. The van der Waals surface area contributed by atoms with Crippen molar-refractivity contribution < 1.29 is 9.84 Å². The van der Waals surface area contributed by atoms with Gasteiger partial charge in [0.25, 0.3) is 0 Å². The predicted molar refractivity (Wildman–Crippen MR) is 73.6 cm³/mol. The molecule has 2 N–H and O–H groups in total. The molecule has 1 aliphatic heterocycles. The van der Waals surface area contributed by atoms with Gasteiger partial charge < -0.3 is 15.2 Å². The highest BCUT2D eigenvalue weighted by atomic mass is 16.5. The molecule has 0 aromatic rings. The quantitative estimate of drug-likeness (QED) is 0.793. The van der Waals surface area contributed by atoms with Gasteiger partial charge in [-0.2, -0.15) is 0 Å². The van der Waals surface area contributed by atoms with Crippen LogP contribution in [-0.4, -0.2) is 36.5 Å². The van der Waals surface area contributed by atoms with Gasteiger partial charge in [0.15, 0.2) is 0 Å². The molecule has 2 fully saturated rings. The van der Waals surface area contributed by atoms with E-state index in [1.807, 2.05) is 0 Å². The molecule has 1 heterocycles. The van der Waals surface area contributed by atoms with Crippen molar-refractivity contribution in [3.8, 4) is 0 Å². The molecular formula is C15H29NO2. The average Bonchev–Trinajstić information content (AvgIpc) is 2.39. The van der Waals surface area contributed by atoms with E-state index in [4.69, 9.17) is 4.74 Å². The molecule has 0 amide bonds. The Bertz CT molecular complexity index is 225. The van der Waals surface area contributed by atoms with Crippen molar-refractivity contribution in [3.05, 3.63) is 0 Å². The van der Waals surface area contributed by atoms with Crippen LogP contribution in [-0.2, 0) is 4.74 Å². The molecule has 106 valence electrons. The van der Waals surface area contributed by atoms with Crippen LogP contribution in [0, 0.1) is 5.92 Å². The number of nitrogens with one attached hydrogen (secondary N) is 1. The van der Waals surface area contributed by atoms with Crippen LogP contribution < -0.4 is 5.32 Å². The summed E-state index contributed by atoms with van der Waals surface area (Å²) >= 11 is 0. The Morgan fingerprint density at radius 3 is 2.67 bits per heavy atom. The number of aliphatic hydroxyl groups is 1. The number of hydrogen-bond donors (Lipinski definition) is 2. The van der Waals surface area contributed by atoms with E-state index in [1.54, 1.807) is 0 Å². The van der Waals surface area contributed by atoms with Crippen molar-refractivity contribution in [1.82, 2.24) is 5.32 Å². The van der Waals surface area contributed by atoms with Gasteiger partial charge in [0, 0.05) is 12.6 Å². The molecule has 1 saturated heterocycles. The second kappa shape index (κ2) is 7.46. The minimum atomic E-state index is -0.0294. The second-order valence-corrected chi connectivity index (χ2v) is 6.09. The maximum atomic E-state index is 9.50. The van der Waals surface area contributed by atoms with Crippen molar-refractivity contribution in [1.29, 1.82) is 0 Å². The first kappa shape index (κ1) is 14.3. The summed E-state index contributed by atoms with van der Waals surface area (Å²) in [4.78, 5) is 0. The van der Waals surface area contributed by atoms with Gasteiger partial charge in [0.05, 0.1) is 12.2 Å². The lowest BCUT2D eigenvalue weighted by molar-refractivity contribution is -0.00426. The van der Waals surface area contributed by atoms with Crippen LogP contribution in [0.5, 0.6) is 0 Å². The van der Waals surface area contributed by atoms with Gasteiger partial charge in [-0.25, -0.2) is 0 Å². The van der Waals surface area contributed by atoms with Crippen molar-refractivity contribution >= 4 is 0 Å². The summed E-state index contributed by atoms with van der Waals surface area (Å²) in [7, 11) is 0. The molecule has 3 nitrogen and oxygen atoms in total. The summed E-state index contributed by atoms with van der Waals surface area (Å²) in [6.07, 6.45) is 9.60. The Hall–Kier alpha value is -0.120. The standard InChI is InChI=1S/C15H29NO2/c1-2-3-15-10-13(8-9-18-15)16-11-12-4-6-14(17)7-5-12/h12-17H,2-11H2,1H3. The van der Waals surface area contributed by atoms with E-state index in [2.05, 4.69) is 12.2 Å². The highest BCUT2D eigenvalue weighted by Crippen LogP contribution is 2.24. The lowest BCUT2D eigenvalue weighted by atomic mass is 9.87. The first-order chi connectivity index (χ1) is 8.78. The van der Waals surface area contributed by atoms with Crippen LogP contribution in [0.15, 0.2) is 0 Å². The van der Waals surface area contributed by atoms with Gasteiger partial charge >= 0.3 is 0 Å².